The molecule has 2 amide bonds. The van der Waals surface area contributed by atoms with E-state index in [-0.39, 0.29) is 49.1 Å². The van der Waals surface area contributed by atoms with Crippen LogP contribution in [0.25, 0.3) is 0 Å². The molecule has 0 saturated carbocycles. The van der Waals surface area contributed by atoms with E-state index in [1.54, 1.807) is 22.3 Å². The molecule has 0 radical (unpaired) electrons. The van der Waals surface area contributed by atoms with Gasteiger partial charge in [-0.25, -0.2) is 0 Å². The average molecular weight is 609 g/mol. The molecule has 1 fully saturated rings. The highest BCUT2D eigenvalue weighted by Gasteiger charge is 2.39. The van der Waals surface area contributed by atoms with Crippen molar-refractivity contribution in [1.29, 1.82) is 0 Å². The Bertz CT molecular complexity index is 1350. The van der Waals surface area contributed by atoms with Crippen LogP contribution < -0.4 is 0 Å². The SMILES string of the molecule is CC(C)CC1C(=O)N(CC(=O)N2CCC(CC(=O)O)CC2)CC(C2=COC(CC3=CC=CCC3)=CO2)c2cc(Cl)ccc21. The van der Waals surface area contributed by atoms with Crippen molar-refractivity contribution < 1.29 is 29.0 Å². The van der Waals surface area contributed by atoms with Crippen LogP contribution in [0.4, 0.5) is 0 Å². The molecule has 8 nitrogen and oxygen atoms in total. The van der Waals surface area contributed by atoms with E-state index in [2.05, 4.69) is 32.1 Å². The first-order valence-corrected chi connectivity index (χ1v) is 15.7. The number of amides is 2. The smallest absolute Gasteiger partial charge is 0.303 e. The first-order chi connectivity index (χ1) is 20.7. The van der Waals surface area contributed by atoms with Crippen molar-refractivity contribution in [2.75, 3.05) is 26.2 Å². The third kappa shape index (κ3) is 7.71. The quantitative estimate of drug-likeness (QED) is 0.344. The van der Waals surface area contributed by atoms with E-state index in [1.165, 1.54) is 5.57 Å². The van der Waals surface area contributed by atoms with Gasteiger partial charge in [0.25, 0.3) is 0 Å². The number of nitrogens with zero attached hydrogens (tertiary/aromatic N) is 2. The summed E-state index contributed by atoms with van der Waals surface area (Å²) < 4.78 is 12.2. The first kappa shape index (κ1) is 30.9. The molecular weight excluding hydrogens is 568 g/mol. The maximum Gasteiger partial charge on any atom is 0.303 e. The van der Waals surface area contributed by atoms with Crippen molar-refractivity contribution in [3.05, 3.63) is 82.2 Å². The molecule has 0 bridgehead atoms. The Morgan fingerprint density at radius 3 is 2.56 bits per heavy atom. The van der Waals surface area contributed by atoms with Gasteiger partial charge in [-0.3, -0.25) is 14.4 Å². The number of hydrogen-bond acceptors (Lipinski definition) is 5. The van der Waals surface area contributed by atoms with Crippen LogP contribution in [-0.2, 0) is 23.9 Å². The minimum Gasteiger partial charge on any atom is -0.481 e. The molecule has 1 N–H and O–H groups in total. The van der Waals surface area contributed by atoms with E-state index in [1.807, 2.05) is 18.2 Å². The fourth-order valence-electron chi connectivity index (χ4n) is 6.50. The summed E-state index contributed by atoms with van der Waals surface area (Å²) in [5.74, 6) is -0.211. The minimum atomic E-state index is -0.810. The van der Waals surface area contributed by atoms with E-state index >= 15 is 0 Å². The molecule has 1 aromatic rings. The largest absolute Gasteiger partial charge is 0.481 e. The summed E-state index contributed by atoms with van der Waals surface area (Å²) in [5, 5.41) is 9.72. The molecule has 1 aromatic carbocycles. The molecule has 4 aliphatic rings. The van der Waals surface area contributed by atoms with Gasteiger partial charge in [0.1, 0.15) is 24.0 Å². The minimum absolute atomic E-state index is 0.0495. The summed E-state index contributed by atoms with van der Waals surface area (Å²) in [6.45, 7) is 5.37. The molecule has 1 aliphatic carbocycles. The van der Waals surface area contributed by atoms with Gasteiger partial charge in [0, 0.05) is 37.5 Å². The van der Waals surface area contributed by atoms with Gasteiger partial charge in [0.05, 0.1) is 18.4 Å². The number of ether oxygens (including phenoxy) is 2. The van der Waals surface area contributed by atoms with E-state index in [0.29, 0.717) is 49.6 Å². The molecule has 0 spiro atoms. The second-order valence-corrected chi connectivity index (χ2v) is 12.9. The number of hydrogen-bond donors (Lipinski definition) is 1. The Labute approximate surface area is 258 Å². The number of halogens is 1. The van der Waals surface area contributed by atoms with E-state index in [4.69, 9.17) is 26.2 Å². The van der Waals surface area contributed by atoms with Gasteiger partial charge in [-0.2, -0.15) is 0 Å². The highest BCUT2D eigenvalue weighted by molar-refractivity contribution is 6.30. The molecule has 3 aliphatic heterocycles. The number of fused-ring (bicyclic) bond motifs is 1. The molecule has 2 atom stereocenters. The van der Waals surface area contributed by atoms with Crippen molar-refractivity contribution in [2.24, 2.45) is 11.8 Å². The highest BCUT2D eigenvalue weighted by atomic mass is 35.5. The zero-order chi connectivity index (χ0) is 30.5. The summed E-state index contributed by atoms with van der Waals surface area (Å²) in [4.78, 5) is 42.3. The van der Waals surface area contributed by atoms with Gasteiger partial charge in [-0.05, 0) is 67.2 Å². The third-order valence-electron chi connectivity index (χ3n) is 8.77. The van der Waals surface area contributed by atoms with Crippen LogP contribution in [0, 0.1) is 11.8 Å². The Morgan fingerprint density at radius 1 is 1.12 bits per heavy atom. The monoisotopic (exact) mass is 608 g/mol. The fraction of sp³-hybridized carbons (Fsp3) is 0.500. The number of carbonyl (C=O) groups is 3. The van der Waals surface area contributed by atoms with Crippen LogP contribution >= 0.6 is 11.6 Å². The van der Waals surface area contributed by atoms with Crippen LogP contribution in [0.15, 0.2) is 66.0 Å². The lowest BCUT2D eigenvalue weighted by Crippen LogP contribution is -2.47. The van der Waals surface area contributed by atoms with Gasteiger partial charge in [0.15, 0.2) is 0 Å². The molecule has 43 heavy (non-hydrogen) atoms. The zero-order valence-corrected chi connectivity index (χ0v) is 25.7. The summed E-state index contributed by atoms with van der Waals surface area (Å²) >= 11 is 6.51. The molecule has 3 heterocycles. The predicted molar refractivity (Wildman–Crippen MR) is 164 cm³/mol. The number of allylic oxidation sites excluding steroid dienone is 4. The number of carboxylic acid groups (broad SMARTS) is 1. The molecule has 5 rings (SSSR count). The highest BCUT2D eigenvalue weighted by Crippen LogP contribution is 2.42. The van der Waals surface area contributed by atoms with Crippen molar-refractivity contribution in [3.8, 4) is 0 Å². The molecule has 230 valence electrons. The second kappa shape index (κ2) is 13.8. The fourth-order valence-corrected chi connectivity index (χ4v) is 6.68. The summed E-state index contributed by atoms with van der Waals surface area (Å²) in [6, 6.07) is 5.66. The lowest BCUT2D eigenvalue weighted by Gasteiger charge is -2.34. The number of carboxylic acids is 1. The van der Waals surface area contributed by atoms with Crippen LogP contribution in [0.1, 0.15) is 81.8 Å². The third-order valence-corrected chi connectivity index (χ3v) is 9.01. The molecule has 2 unspecified atom stereocenters. The lowest BCUT2D eigenvalue weighted by molar-refractivity contribution is -0.143. The van der Waals surface area contributed by atoms with Gasteiger partial charge in [0.2, 0.25) is 11.8 Å². The lowest BCUT2D eigenvalue weighted by atomic mass is 9.84. The Balaban J connectivity index is 1.38. The van der Waals surface area contributed by atoms with Crippen molar-refractivity contribution >= 4 is 29.4 Å². The maximum atomic E-state index is 14.2. The van der Waals surface area contributed by atoms with E-state index in [0.717, 1.165) is 29.7 Å². The number of benzene rings is 1. The maximum absolute atomic E-state index is 14.2. The van der Waals surface area contributed by atoms with Crippen molar-refractivity contribution in [1.82, 2.24) is 9.80 Å². The number of aliphatic carboxylic acids is 1. The van der Waals surface area contributed by atoms with Crippen molar-refractivity contribution in [2.45, 2.75) is 70.6 Å². The summed E-state index contributed by atoms with van der Waals surface area (Å²) in [5.41, 5.74) is 3.08. The zero-order valence-electron chi connectivity index (χ0n) is 25.0. The topological polar surface area (TPSA) is 96.4 Å². The van der Waals surface area contributed by atoms with Gasteiger partial charge in [-0.1, -0.05) is 55.3 Å². The van der Waals surface area contributed by atoms with E-state index < -0.39 is 11.9 Å². The molecule has 0 aromatic heterocycles. The summed E-state index contributed by atoms with van der Waals surface area (Å²) in [6.07, 6.45) is 14.3. The average Bonchev–Trinajstić information content (AvgIpc) is 3.08. The molecule has 1 saturated heterocycles. The first-order valence-electron chi connectivity index (χ1n) is 15.3. The Hall–Kier alpha value is -3.52. The number of carbonyl (C=O) groups excluding carboxylic acids is 2. The second-order valence-electron chi connectivity index (χ2n) is 12.5. The van der Waals surface area contributed by atoms with Crippen LogP contribution in [0.2, 0.25) is 5.02 Å². The Kier molecular flexibility index (Phi) is 9.96. The van der Waals surface area contributed by atoms with Gasteiger partial charge >= 0.3 is 5.97 Å². The van der Waals surface area contributed by atoms with Crippen molar-refractivity contribution in [3.63, 3.8) is 0 Å². The predicted octanol–water partition coefficient (Wildman–Crippen LogP) is 6.50. The van der Waals surface area contributed by atoms with Crippen LogP contribution in [0.5, 0.6) is 0 Å². The summed E-state index contributed by atoms with van der Waals surface area (Å²) in [7, 11) is 0. The number of piperidine rings is 1. The van der Waals surface area contributed by atoms with Gasteiger partial charge < -0.3 is 24.4 Å². The molecule has 9 heteroatoms. The standard InChI is InChI=1S/C34H41ClN2O6/c1-22(2)14-29-27-9-8-25(35)17-28(27)30(31-21-42-26(20-43-31)15-23-6-4-3-5-7-23)18-37(34(29)41)19-32(38)36-12-10-24(11-13-36)16-33(39)40/h3-4,6,8-9,17,20-22,24,29-30H,5,7,10-16,18-19H2,1-2H3,(H,39,40). The van der Waals surface area contributed by atoms with E-state index in [9.17, 15) is 14.4 Å². The number of rotatable bonds is 9. The van der Waals surface area contributed by atoms with Crippen LogP contribution in [-0.4, -0.2) is 58.9 Å². The number of likely N-dealkylation sites (tertiary alicyclic amines) is 1. The Morgan fingerprint density at radius 2 is 1.91 bits per heavy atom. The van der Waals surface area contributed by atoms with Crippen LogP contribution in [0.3, 0.4) is 0 Å². The normalized spacial score (nSPS) is 22.6. The van der Waals surface area contributed by atoms with Gasteiger partial charge in [-0.15, -0.1) is 0 Å². The molecular formula is C34H41ClN2O6.